The second-order valence-corrected chi connectivity index (χ2v) is 7.63. The highest BCUT2D eigenvalue weighted by atomic mass is 32.2. The Labute approximate surface area is 154 Å². The van der Waals surface area contributed by atoms with Crippen LogP contribution in [0.5, 0.6) is 0 Å². The zero-order chi connectivity index (χ0) is 18.9. The lowest BCUT2D eigenvalue weighted by Gasteiger charge is -2.20. The van der Waals surface area contributed by atoms with E-state index in [1.54, 1.807) is 31.2 Å². The molecule has 2 aliphatic rings. The largest absolute Gasteiger partial charge is 0.481 e. The number of urea groups is 1. The first-order valence-corrected chi connectivity index (χ1v) is 9.12. The van der Waals surface area contributed by atoms with Crippen molar-refractivity contribution in [1.82, 2.24) is 9.80 Å². The summed E-state index contributed by atoms with van der Waals surface area (Å²) >= 11 is 0.993. The van der Waals surface area contributed by atoms with Gasteiger partial charge >= 0.3 is 12.0 Å². The van der Waals surface area contributed by atoms with Crippen molar-refractivity contribution in [1.29, 1.82) is 0 Å². The van der Waals surface area contributed by atoms with Gasteiger partial charge in [-0.15, -0.1) is 0 Å². The fourth-order valence-electron chi connectivity index (χ4n) is 2.92. The highest BCUT2D eigenvalue weighted by Crippen LogP contribution is 2.30. The lowest BCUT2D eigenvalue weighted by Crippen LogP contribution is -2.37. The molecule has 4 amide bonds. The molecule has 26 heavy (non-hydrogen) atoms. The van der Waals surface area contributed by atoms with Crippen molar-refractivity contribution in [3.05, 3.63) is 29.8 Å². The summed E-state index contributed by atoms with van der Waals surface area (Å²) in [5.41, 5.74) is 0.441. The number of nitrogens with one attached hydrogen (secondary N) is 1. The number of aliphatic carboxylic acids is 1. The Bertz CT molecular complexity index is 750. The normalized spacial score (nSPS) is 22.8. The summed E-state index contributed by atoms with van der Waals surface area (Å²) in [5.74, 6) is -0.924. The number of rotatable bonds is 4. The molecule has 8 nitrogen and oxygen atoms in total. The van der Waals surface area contributed by atoms with E-state index in [0.29, 0.717) is 18.7 Å². The first-order valence-electron chi connectivity index (χ1n) is 8.14. The van der Waals surface area contributed by atoms with Crippen LogP contribution in [-0.4, -0.2) is 56.9 Å². The van der Waals surface area contributed by atoms with Gasteiger partial charge in [-0.25, -0.2) is 4.79 Å². The van der Waals surface area contributed by atoms with Crippen LogP contribution in [-0.2, 0) is 16.1 Å². The second kappa shape index (κ2) is 6.99. The molecule has 2 heterocycles. The molecule has 0 saturated carbocycles. The monoisotopic (exact) mass is 377 g/mol. The van der Waals surface area contributed by atoms with Crippen LogP contribution in [0.25, 0.3) is 0 Å². The fourth-order valence-corrected chi connectivity index (χ4v) is 3.65. The maximum atomic E-state index is 12.3. The van der Waals surface area contributed by atoms with Crippen LogP contribution >= 0.6 is 11.8 Å². The van der Waals surface area contributed by atoms with Gasteiger partial charge in [0.05, 0.1) is 17.7 Å². The molecule has 1 aromatic carbocycles. The molecule has 0 spiro atoms. The summed E-state index contributed by atoms with van der Waals surface area (Å²) in [6.45, 7) is 2.41. The molecular formula is C17H19N3O5S. The smallest absolute Gasteiger partial charge is 0.321 e. The number of carboxylic acids is 1. The third-order valence-electron chi connectivity index (χ3n) is 4.66. The molecule has 2 fully saturated rings. The van der Waals surface area contributed by atoms with E-state index in [9.17, 15) is 24.3 Å². The summed E-state index contributed by atoms with van der Waals surface area (Å²) in [5, 5.41) is 11.7. The van der Waals surface area contributed by atoms with E-state index in [1.165, 1.54) is 9.80 Å². The number of amides is 4. The maximum absolute atomic E-state index is 12.3. The first kappa shape index (κ1) is 18.2. The van der Waals surface area contributed by atoms with Crippen LogP contribution in [0, 0.1) is 5.41 Å². The average molecular weight is 377 g/mol. The molecule has 0 radical (unpaired) electrons. The van der Waals surface area contributed by atoms with Gasteiger partial charge in [0.1, 0.15) is 0 Å². The van der Waals surface area contributed by atoms with Crippen LogP contribution in [0.1, 0.15) is 18.9 Å². The molecule has 1 atom stereocenters. The van der Waals surface area contributed by atoms with E-state index >= 15 is 0 Å². The molecular weight excluding hydrogens is 358 g/mol. The minimum Gasteiger partial charge on any atom is -0.481 e. The molecule has 2 N–H and O–H groups in total. The van der Waals surface area contributed by atoms with Gasteiger partial charge in [0.2, 0.25) is 5.91 Å². The van der Waals surface area contributed by atoms with Crippen LogP contribution in [0.2, 0.25) is 0 Å². The van der Waals surface area contributed by atoms with Crippen molar-refractivity contribution in [2.75, 3.05) is 24.2 Å². The van der Waals surface area contributed by atoms with Gasteiger partial charge in [-0.2, -0.15) is 0 Å². The zero-order valence-corrected chi connectivity index (χ0v) is 15.0. The third kappa shape index (κ3) is 3.67. The van der Waals surface area contributed by atoms with Gasteiger partial charge in [0, 0.05) is 18.8 Å². The number of likely N-dealkylation sites (tertiary alicyclic amines) is 1. The molecule has 2 aliphatic heterocycles. The number of hydrogen-bond acceptors (Lipinski definition) is 5. The Morgan fingerprint density at radius 3 is 2.50 bits per heavy atom. The number of nitrogens with zero attached hydrogens (tertiary/aromatic N) is 2. The Hall–Kier alpha value is -2.55. The number of benzene rings is 1. The average Bonchev–Trinajstić information content (AvgIpc) is 3.15. The van der Waals surface area contributed by atoms with Gasteiger partial charge in [-0.1, -0.05) is 23.9 Å². The van der Waals surface area contributed by atoms with Crippen LogP contribution in [0.4, 0.5) is 15.3 Å². The third-order valence-corrected chi connectivity index (χ3v) is 5.52. The SMILES string of the molecule is CC1(C(=O)O)CCN(C(=O)Nc2ccc(CN3C(=O)CSC3=O)cc2)C1. The van der Waals surface area contributed by atoms with E-state index in [-0.39, 0.29) is 36.0 Å². The highest BCUT2D eigenvalue weighted by molar-refractivity contribution is 8.14. The molecule has 0 bridgehead atoms. The van der Waals surface area contributed by atoms with Gasteiger partial charge in [-0.3, -0.25) is 19.3 Å². The fraction of sp³-hybridized carbons (Fsp3) is 0.412. The number of carbonyl (C=O) groups is 4. The minimum absolute atomic E-state index is 0.170. The summed E-state index contributed by atoms with van der Waals surface area (Å²) in [7, 11) is 0. The number of carboxylic acid groups (broad SMARTS) is 1. The van der Waals surface area contributed by atoms with E-state index in [0.717, 1.165) is 17.3 Å². The molecule has 3 rings (SSSR count). The van der Waals surface area contributed by atoms with E-state index in [2.05, 4.69) is 5.32 Å². The van der Waals surface area contributed by atoms with Gasteiger partial charge in [0.15, 0.2) is 0 Å². The topological polar surface area (TPSA) is 107 Å². The summed E-state index contributed by atoms with van der Waals surface area (Å²) in [6, 6.07) is 6.52. The predicted octanol–water partition coefficient (Wildman–Crippen LogP) is 2.21. The Balaban J connectivity index is 1.58. The predicted molar refractivity (Wildman–Crippen MR) is 95.8 cm³/mol. The molecule has 1 aromatic rings. The maximum Gasteiger partial charge on any atom is 0.321 e. The van der Waals surface area contributed by atoms with Crippen molar-refractivity contribution in [3.63, 3.8) is 0 Å². The highest BCUT2D eigenvalue weighted by Gasteiger charge is 2.42. The molecule has 138 valence electrons. The van der Waals surface area contributed by atoms with Crippen LogP contribution in [0.15, 0.2) is 24.3 Å². The standard InChI is InChI=1S/C17H19N3O5S/c1-17(14(22)23)6-7-19(10-17)15(24)18-12-4-2-11(3-5-12)8-20-13(21)9-26-16(20)25/h2-5H,6-10H2,1H3,(H,18,24)(H,22,23). The van der Waals surface area contributed by atoms with Crippen molar-refractivity contribution in [2.45, 2.75) is 19.9 Å². The Morgan fingerprint density at radius 1 is 1.27 bits per heavy atom. The quantitative estimate of drug-likeness (QED) is 0.833. The molecule has 0 aliphatic carbocycles. The minimum atomic E-state index is -0.909. The lowest BCUT2D eigenvalue weighted by molar-refractivity contribution is -0.147. The number of thioether (sulfide) groups is 1. The summed E-state index contributed by atoms with van der Waals surface area (Å²) < 4.78 is 0. The molecule has 9 heteroatoms. The number of hydrogen-bond donors (Lipinski definition) is 2. The van der Waals surface area contributed by atoms with E-state index in [4.69, 9.17) is 0 Å². The van der Waals surface area contributed by atoms with Gasteiger partial charge < -0.3 is 15.3 Å². The van der Waals surface area contributed by atoms with Crippen LogP contribution in [0.3, 0.4) is 0 Å². The summed E-state index contributed by atoms with van der Waals surface area (Å²) in [6.07, 6.45) is 0.421. The number of carbonyl (C=O) groups excluding carboxylic acids is 3. The van der Waals surface area contributed by atoms with Crippen molar-refractivity contribution >= 4 is 40.6 Å². The second-order valence-electron chi connectivity index (χ2n) is 6.70. The van der Waals surface area contributed by atoms with Crippen molar-refractivity contribution in [3.8, 4) is 0 Å². The van der Waals surface area contributed by atoms with Gasteiger partial charge in [-0.05, 0) is 31.0 Å². The van der Waals surface area contributed by atoms with E-state index < -0.39 is 11.4 Å². The summed E-state index contributed by atoms with van der Waals surface area (Å²) in [4.78, 5) is 49.5. The molecule has 0 aromatic heterocycles. The van der Waals surface area contributed by atoms with Crippen molar-refractivity contribution < 1.29 is 24.3 Å². The number of anilines is 1. The molecule has 1 unspecified atom stereocenters. The molecule has 2 saturated heterocycles. The van der Waals surface area contributed by atoms with Crippen molar-refractivity contribution in [2.24, 2.45) is 5.41 Å². The van der Waals surface area contributed by atoms with Crippen LogP contribution < -0.4 is 5.32 Å². The number of imide groups is 1. The Morgan fingerprint density at radius 2 is 1.96 bits per heavy atom. The zero-order valence-electron chi connectivity index (χ0n) is 14.2. The van der Waals surface area contributed by atoms with E-state index in [1.807, 2.05) is 0 Å². The first-order chi connectivity index (χ1) is 12.3. The lowest BCUT2D eigenvalue weighted by atomic mass is 9.90. The Kier molecular flexibility index (Phi) is 4.90. The van der Waals surface area contributed by atoms with Gasteiger partial charge in [0.25, 0.3) is 5.24 Å².